The molecule has 3 rings (SSSR count). The van der Waals surface area contributed by atoms with Gasteiger partial charge >= 0.3 is 5.97 Å². The smallest absolute Gasteiger partial charge is 0.337 e. The van der Waals surface area contributed by atoms with E-state index in [1.165, 1.54) is 0 Å². The summed E-state index contributed by atoms with van der Waals surface area (Å²) in [7, 11) is 0. The molecule has 0 saturated heterocycles. The number of carboxylic acids is 1. The molecule has 22 heavy (non-hydrogen) atoms. The Morgan fingerprint density at radius 3 is 2.68 bits per heavy atom. The second-order valence-corrected chi connectivity index (χ2v) is 5.35. The molecule has 1 heterocycles. The molecule has 4 nitrogen and oxygen atoms in total. The lowest BCUT2D eigenvalue weighted by Gasteiger charge is -2.07. The normalized spacial score (nSPS) is 10.5. The molecule has 0 unspecified atom stereocenters. The van der Waals surface area contributed by atoms with Gasteiger partial charge in [-0.15, -0.1) is 0 Å². The largest absolute Gasteiger partial charge is 0.478 e. The standard InChI is InChI=1S/C17H11BrN2O2/c18-8-11-5-3-7-15-16(11)13(17(21)22)10-20(15)14-6-2-1-4-12(14)9-19/h1-7,10H,8H2,(H,21,22). The Hall–Kier alpha value is -2.58. The van der Waals surface area contributed by atoms with Crippen LogP contribution in [0.15, 0.2) is 48.7 Å². The Labute approximate surface area is 135 Å². The molecule has 5 heteroatoms. The van der Waals surface area contributed by atoms with Crippen molar-refractivity contribution in [1.29, 1.82) is 5.26 Å². The maximum absolute atomic E-state index is 11.6. The van der Waals surface area contributed by atoms with Gasteiger partial charge in [0.2, 0.25) is 0 Å². The molecule has 0 atom stereocenters. The molecule has 0 bridgehead atoms. The first-order valence-corrected chi connectivity index (χ1v) is 7.71. The van der Waals surface area contributed by atoms with Gasteiger partial charge in [0.15, 0.2) is 0 Å². The van der Waals surface area contributed by atoms with Crippen LogP contribution in [0.3, 0.4) is 0 Å². The van der Waals surface area contributed by atoms with Crippen molar-refractivity contribution in [3.8, 4) is 11.8 Å². The lowest BCUT2D eigenvalue weighted by Crippen LogP contribution is -1.97. The van der Waals surface area contributed by atoms with Crippen LogP contribution in [0.25, 0.3) is 16.6 Å². The van der Waals surface area contributed by atoms with Crippen LogP contribution in [0.4, 0.5) is 0 Å². The average molecular weight is 355 g/mol. The molecular weight excluding hydrogens is 344 g/mol. The highest BCUT2D eigenvalue weighted by Crippen LogP contribution is 2.30. The third kappa shape index (κ3) is 2.18. The van der Waals surface area contributed by atoms with Crippen molar-refractivity contribution in [3.05, 3.63) is 65.4 Å². The van der Waals surface area contributed by atoms with Crippen LogP contribution >= 0.6 is 15.9 Å². The van der Waals surface area contributed by atoms with E-state index in [1.807, 2.05) is 30.3 Å². The number of rotatable bonds is 3. The molecule has 0 spiro atoms. The number of fused-ring (bicyclic) bond motifs is 1. The lowest BCUT2D eigenvalue weighted by atomic mass is 10.1. The zero-order valence-corrected chi connectivity index (χ0v) is 13.0. The van der Waals surface area contributed by atoms with Gasteiger partial charge in [0.05, 0.1) is 22.3 Å². The van der Waals surface area contributed by atoms with Crippen LogP contribution < -0.4 is 0 Å². The summed E-state index contributed by atoms with van der Waals surface area (Å²) in [5.74, 6) is -0.980. The van der Waals surface area contributed by atoms with E-state index in [0.717, 1.165) is 11.1 Å². The highest BCUT2D eigenvalue weighted by atomic mass is 79.9. The molecule has 1 aromatic heterocycles. The van der Waals surface area contributed by atoms with Gasteiger partial charge in [-0.3, -0.25) is 0 Å². The van der Waals surface area contributed by atoms with Crippen LogP contribution in [0.1, 0.15) is 21.5 Å². The molecule has 108 valence electrons. The molecule has 3 aromatic rings. The fourth-order valence-corrected chi connectivity index (χ4v) is 3.08. The molecule has 0 saturated carbocycles. The number of aromatic carboxylic acids is 1. The second kappa shape index (κ2) is 5.66. The average Bonchev–Trinajstić information content (AvgIpc) is 2.94. The van der Waals surface area contributed by atoms with E-state index < -0.39 is 5.97 Å². The van der Waals surface area contributed by atoms with E-state index in [0.29, 0.717) is 22.0 Å². The van der Waals surface area contributed by atoms with Gasteiger partial charge in [-0.05, 0) is 23.8 Å². The summed E-state index contributed by atoms with van der Waals surface area (Å²) in [5, 5.41) is 20.0. The Bertz CT molecular complexity index is 922. The van der Waals surface area contributed by atoms with Crippen LogP contribution in [0.2, 0.25) is 0 Å². The molecule has 1 N–H and O–H groups in total. The molecule has 0 fully saturated rings. The van der Waals surface area contributed by atoms with Crippen LogP contribution in [-0.2, 0) is 5.33 Å². The quantitative estimate of drug-likeness (QED) is 0.720. The van der Waals surface area contributed by atoms with E-state index in [9.17, 15) is 15.2 Å². The number of para-hydroxylation sites is 1. The van der Waals surface area contributed by atoms with Gasteiger partial charge in [-0.25, -0.2) is 4.79 Å². The zero-order chi connectivity index (χ0) is 15.7. The predicted molar refractivity (Wildman–Crippen MR) is 87.6 cm³/mol. The molecular formula is C17H11BrN2O2. The topological polar surface area (TPSA) is 66.0 Å². The molecule has 2 aromatic carbocycles. The van der Waals surface area contributed by atoms with Crippen molar-refractivity contribution in [1.82, 2.24) is 4.57 Å². The first kappa shape index (κ1) is 14.4. The highest BCUT2D eigenvalue weighted by molar-refractivity contribution is 9.08. The third-order valence-corrected chi connectivity index (χ3v) is 4.18. The number of benzene rings is 2. The zero-order valence-electron chi connectivity index (χ0n) is 11.5. The Kier molecular flexibility index (Phi) is 3.70. The van der Waals surface area contributed by atoms with E-state index >= 15 is 0 Å². The number of halogens is 1. The Balaban J connectivity index is 2.42. The maximum Gasteiger partial charge on any atom is 0.337 e. The lowest BCUT2D eigenvalue weighted by molar-refractivity contribution is 0.0699. The summed E-state index contributed by atoms with van der Waals surface area (Å²) in [6.07, 6.45) is 1.58. The third-order valence-electron chi connectivity index (χ3n) is 3.57. The number of nitriles is 1. The number of nitrogens with zero attached hydrogens (tertiary/aromatic N) is 2. The first-order valence-electron chi connectivity index (χ1n) is 6.59. The number of aromatic nitrogens is 1. The molecule has 0 amide bonds. The number of carbonyl (C=O) groups is 1. The summed E-state index contributed by atoms with van der Waals surface area (Å²) in [6, 6.07) is 14.9. The Morgan fingerprint density at radius 1 is 1.23 bits per heavy atom. The summed E-state index contributed by atoms with van der Waals surface area (Å²) < 4.78 is 1.77. The fraction of sp³-hybridized carbons (Fsp3) is 0.0588. The molecule has 0 radical (unpaired) electrons. The summed E-state index contributed by atoms with van der Waals surface area (Å²) >= 11 is 3.40. The number of carboxylic acid groups (broad SMARTS) is 1. The van der Waals surface area contributed by atoms with Gasteiger partial charge in [0.1, 0.15) is 6.07 Å². The minimum absolute atomic E-state index is 0.234. The van der Waals surface area contributed by atoms with E-state index in [-0.39, 0.29) is 5.56 Å². The van der Waals surface area contributed by atoms with Crippen molar-refractivity contribution >= 4 is 32.8 Å². The highest BCUT2D eigenvalue weighted by Gasteiger charge is 2.18. The minimum atomic E-state index is -0.980. The van der Waals surface area contributed by atoms with Crippen molar-refractivity contribution in [2.24, 2.45) is 0 Å². The SMILES string of the molecule is N#Cc1ccccc1-n1cc(C(=O)O)c2c(CBr)cccc21. The summed E-state index contributed by atoms with van der Waals surface area (Å²) in [4.78, 5) is 11.6. The van der Waals surface area contributed by atoms with Crippen molar-refractivity contribution in [3.63, 3.8) is 0 Å². The monoisotopic (exact) mass is 354 g/mol. The number of alkyl halides is 1. The summed E-state index contributed by atoms with van der Waals surface area (Å²) in [6.45, 7) is 0. The first-order chi connectivity index (χ1) is 10.7. The summed E-state index contributed by atoms with van der Waals surface area (Å²) in [5.41, 5.74) is 3.09. The van der Waals surface area contributed by atoms with Gasteiger partial charge in [-0.1, -0.05) is 40.2 Å². The Morgan fingerprint density at radius 2 is 2.00 bits per heavy atom. The molecule has 0 aliphatic rings. The number of hydrogen-bond donors (Lipinski definition) is 1. The second-order valence-electron chi connectivity index (χ2n) is 4.79. The van der Waals surface area contributed by atoms with Crippen LogP contribution in [-0.4, -0.2) is 15.6 Å². The maximum atomic E-state index is 11.6. The van der Waals surface area contributed by atoms with Crippen LogP contribution in [0.5, 0.6) is 0 Å². The predicted octanol–water partition coefficient (Wildman–Crippen LogP) is 4.10. The van der Waals surface area contributed by atoms with Gasteiger partial charge in [0, 0.05) is 16.9 Å². The van der Waals surface area contributed by atoms with E-state index in [4.69, 9.17) is 0 Å². The van der Waals surface area contributed by atoms with Gasteiger partial charge < -0.3 is 9.67 Å². The fourth-order valence-electron chi connectivity index (χ4n) is 2.61. The molecule has 0 aliphatic carbocycles. The molecule has 0 aliphatic heterocycles. The van der Waals surface area contributed by atoms with Gasteiger partial charge in [-0.2, -0.15) is 5.26 Å². The van der Waals surface area contributed by atoms with E-state index in [1.54, 1.807) is 22.9 Å². The van der Waals surface area contributed by atoms with E-state index in [2.05, 4.69) is 22.0 Å². The number of hydrogen-bond acceptors (Lipinski definition) is 2. The van der Waals surface area contributed by atoms with Crippen molar-refractivity contribution in [2.75, 3.05) is 0 Å². The van der Waals surface area contributed by atoms with Crippen molar-refractivity contribution in [2.45, 2.75) is 5.33 Å². The van der Waals surface area contributed by atoms with Crippen molar-refractivity contribution < 1.29 is 9.90 Å². The van der Waals surface area contributed by atoms with Crippen LogP contribution in [0, 0.1) is 11.3 Å². The van der Waals surface area contributed by atoms with Gasteiger partial charge in [0.25, 0.3) is 0 Å². The minimum Gasteiger partial charge on any atom is -0.478 e.